The van der Waals surface area contributed by atoms with Gasteiger partial charge in [0.1, 0.15) is 11.4 Å². The molecule has 26 heavy (non-hydrogen) atoms. The van der Waals surface area contributed by atoms with E-state index in [1.807, 2.05) is 49.9 Å². The van der Waals surface area contributed by atoms with Crippen LogP contribution in [-0.2, 0) is 24.1 Å². The van der Waals surface area contributed by atoms with Crippen molar-refractivity contribution in [3.8, 4) is 5.75 Å². The van der Waals surface area contributed by atoms with E-state index < -0.39 is 5.60 Å². The standard InChI is InChI=1S/C22H27NO3/c1-22(2,3)26-21(25)23-15-18-14-20(24)12-10-17(18)13-19(23)11-9-16-7-5-4-6-8-16/h4-8,10,12,14,19,24H,9,11,13,15H2,1-3H3. The van der Waals surface area contributed by atoms with Crippen LogP contribution in [0.4, 0.5) is 4.79 Å². The van der Waals surface area contributed by atoms with Crippen molar-refractivity contribution in [2.75, 3.05) is 0 Å². The topological polar surface area (TPSA) is 49.8 Å². The van der Waals surface area contributed by atoms with Gasteiger partial charge in [-0.3, -0.25) is 0 Å². The lowest BCUT2D eigenvalue weighted by Gasteiger charge is -2.38. The number of aryl methyl sites for hydroxylation is 1. The predicted molar refractivity (Wildman–Crippen MR) is 102 cm³/mol. The summed E-state index contributed by atoms with van der Waals surface area (Å²) in [5, 5.41) is 9.78. The zero-order valence-electron chi connectivity index (χ0n) is 15.7. The molecule has 1 aliphatic heterocycles. The summed E-state index contributed by atoms with van der Waals surface area (Å²) in [5.74, 6) is 0.232. The van der Waals surface area contributed by atoms with Crippen LogP contribution in [0.5, 0.6) is 5.75 Å². The first-order chi connectivity index (χ1) is 12.3. The van der Waals surface area contributed by atoms with E-state index in [9.17, 15) is 9.90 Å². The van der Waals surface area contributed by atoms with Crippen molar-refractivity contribution in [1.82, 2.24) is 4.90 Å². The first-order valence-corrected chi connectivity index (χ1v) is 9.16. The molecule has 138 valence electrons. The van der Waals surface area contributed by atoms with E-state index in [1.54, 1.807) is 12.1 Å². The average molecular weight is 353 g/mol. The Kier molecular flexibility index (Phi) is 5.21. The molecule has 1 aliphatic rings. The number of phenols is 1. The highest BCUT2D eigenvalue weighted by Crippen LogP contribution is 2.29. The number of fused-ring (bicyclic) bond motifs is 1. The van der Waals surface area contributed by atoms with Gasteiger partial charge in [0.05, 0.1) is 0 Å². The second kappa shape index (κ2) is 7.40. The number of hydrogen-bond acceptors (Lipinski definition) is 3. The second-order valence-corrected chi connectivity index (χ2v) is 7.94. The molecule has 1 amide bonds. The van der Waals surface area contributed by atoms with Crippen molar-refractivity contribution in [2.24, 2.45) is 0 Å². The number of carbonyl (C=O) groups is 1. The zero-order chi connectivity index (χ0) is 18.7. The Balaban J connectivity index is 1.80. The van der Waals surface area contributed by atoms with Crippen LogP contribution >= 0.6 is 0 Å². The molecule has 0 bridgehead atoms. The third-order valence-corrected chi connectivity index (χ3v) is 4.66. The summed E-state index contributed by atoms with van der Waals surface area (Å²) in [5.41, 5.74) is 2.93. The Morgan fingerprint density at radius 2 is 1.88 bits per heavy atom. The molecule has 1 heterocycles. The third kappa shape index (κ3) is 4.57. The van der Waals surface area contributed by atoms with Gasteiger partial charge >= 0.3 is 6.09 Å². The lowest BCUT2D eigenvalue weighted by Crippen LogP contribution is -2.46. The molecule has 1 N–H and O–H groups in total. The maximum absolute atomic E-state index is 12.8. The molecule has 0 fully saturated rings. The van der Waals surface area contributed by atoms with E-state index in [-0.39, 0.29) is 17.9 Å². The minimum absolute atomic E-state index is 0.0853. The number of benzene rings is 2. The molecule has 1 atom stereocenters. The summed E-state index contributed by atoms with van der Waals surface area (Å²) in [7, 11) is 0. The molecule has 0 radical (unpaired) electrons. The van der Waals surface area contributed by atoms with Gasteiger partial charge in [-0.1, -0.05) is 36.4 Å². The smallest absolute Gasteiger partial charge is 0.410 e. The molecule has 0 saturated heterocycles. The summed E-state index contributed by atoms with van der Waals surface area (Å²) < 4.78 is 5.63. The fraction of sp³-hybridized carbons (Fsp3) is 0.409. The first-order valence-electron chi connectivity index (χ1n) is 9.16. The fourth-order valence-electron chi connectivity index (χ4n) is 3.41. The molecule has 0 saturated carbocycles. The van der Waals surface area contributed by atoms with Gasteiger partial charge in [-0.2, -0.15) is 0 Å². The molecule has 4 heteroatoms. The zero-order valence-corrected chi connectivity index (χ0v) is 15.7. The highest BCUT2D eigenvalue weighted by Gasteiger charge is 2.32. The summed E-state index contributed by atoms with van der Waals surface area (Å²) in [6, 6.07) is 15.9. The Morgan fingerprint density at radius 3 is 2.58 bits per heavy atom. The molecular weight excluding hydrogens is 326 g/mol. The van der Waals surface area contributed by atoms with E-state index in [0.29, 0.717) is 6.54 Å². The van der Waals surface area contributed by atoms with Crippen molar-refractivity contribution in [2.45, 2.75) is 58.2 Å². The van der Waals surface area contributed by atoms with Gasteiger partial charge in [0.25, 0.3) is 0 Å². The van der Waals surface area contributed by atoms with Gasteiger partial charge < -0.3 is 14.7 Å². The van der Waals surface area contributed by atoms with Gasteiger partial charge in [0, 0.05) is 12.6 Å². The highest BCUT2D eigenvalue weighted by molar-refractivity contribution is 5.69. The minimum atomic E-state index is -0.528. The van der Waals surface area contributed by atoms with Gasteiger partial charge in [0.15, 0.2) is 0 Å². The Labute approximate surface area is 155 Å². The van der Waals surface area contributed by atoms with Gasteiger partial charge in [0.2, 0.25) is 0 Å². The number of phenolic OH excluding ortho intramolecular Hbond substituents is 1. The molecule has 0 spiro atoms. The molecule has 2 aromatic carbocycles. The van der Waals surface area contributed by atoms with Crippen LogP contribution in [0.25, 0.3) is 0 Å². The minimum Gasteiger partial charge on any atom is -0.508 e. The summed E-state index contributed by atoms with van der Waals surface area (Å²) in [4.78, 5) is 14.6. The summed E-state index contributed by atoms with van der Waals surface area (Å²) in [6.07, 6.45) is 2.29. The number of ether oxygens (including phenoxy) is 1. The number of hydrogen-bond donors (Lipinski definition) is 1. The lowest BCUT2D eigenvalue weighted by atomic mass is 9.90. The SMILES string of the molecule is CC(C)(C)OC(=O)N1Cc2cc(O)ccc2CC1CCc1ccccc1. The van der Waals surface area contributed by atoms with Crippen LogP contribution < -0.4 is 0 Å². The molecule has 1 unspecified atom stereocenters. The van der Waals surface area contributed by atoms with Crippen LogP contribution in [0.1, 0.15) is 43.9 Å². The van der Waals surface area contributed by atoms with Crippen LogP contribution in [0, 0.1) is 0 Å². The fourth-order valence-corrected chi connectivity index (χ4v) is 3.41. The Bertz CT molecular complexity index is 765. The molecule has 0 aromatic heterocycles. The van der Waals surface area contributed by atoms with Crippen molar-refractivity contribution in [3.63, 3.8) is 0 Å². The van der Waals surface area contributed by atoms with Crippen molar-refractivity contribution in [3.05, 3.63) is 65.2 Å². The number of rotatable bonds is 3. The van der Waals surface area contributed by atoms with E-state index in [2.05, 4.69) is 12.1 Å². The molecular formula is C22H27NO3. The van der Waals surface area contributed by atoms with Crippen molar-refractivity contribution >= 4 is 6.09 Å². The molecule has 2 aromatic rings. The van der Waals surface area contributed by atoms with E-state index in [4.69, 9.17) is 4.74 Å². The van der Waals surface area contributed by atoms with Gasteiger partial charge in [-0.15, -0.1) is 0 Å². The summed E-state index contributed by atoms with van der Waals surface area (Å²) in [6.45, 7) is 6.12. The normalized spacial score (nSPS) is 16.9. The van der Waals surface area contributed by atoms with Gasteiger partial charge in [-0.05, 0) is 68.9 Å². The van der Waals surface area contributed by atoms with Crippen molar-refractivity contribution in [1.29, 1.82) is 0 Å². The summed E-state index contributed by atoms with van der Waals surface area (Å²) >= 11 is 0. The quantitative estimate of drug-likeness (QED) is 0.871. The average Bonchev–Trinajstić information content (AvgIpc) is 2.58. The molecule has 0 aliphatic carbocycles. The van der Waals surface area contributed by atoms with E-state index >= 15 is 0 Å². The van der Waals surface area contributed by atoms with Crippen LogP contribution in [0.15, 0.2) is 48.5 Å². The van der Waals surface area contributed by atoms with Crippen LogP contribution in [-0.4, -0.2) is 27.7 Å². The first kappa shape index (κ1) is 18.3. The number of amides is 1. The third-order valence-electron chi connectivity index (χ3n) is 4.66. The largest absolute Gasteiger partial charge is 0.508 e. The highest BCUT2D eigenvalue weighted by atomic mass is 16.6. The van der Waals surface area contributed by atoms with E-state index in [0.717, 1.165) is 24.8 Å². The van der Waals surface area contributed by atoms with Crippen LogP contribution in [0.2, 0.25) is 0 Å². The number of aromatic hydroxyl groups is 1. The molecule has 3 rings (SSSR count). The Hall–Kier alpha value is -2.49. The second-order valence-electron chi connectivity index (χ2n) is 7.94. The maximum atomic E-state index is 12.8. The van der Waals surface area contributed by atoms with Crippen LogP contribution in [0.3, 0.4) is 0 Å². The Morgan fingerprint density at radius 1 is 1.15 bits per heavy atom. The van der Waals surface area contributed by atoms with Gasteiger partial charge in [-0.25, -0.2) is 4.79 Å². The monoisotopic (exact) mass is 353 g/mol. The van der Waals surface area contributed by atoms with Crippen molar-refractivity contribution < 1.29 is 14.6 Å². The molecule has 4 nitrogen and oxygen atoms in total. The number of carbonyl (C=O) groups excluding carboxylic acids is 1. The van der Waals surface area contributed by atoms with E-state index in [1.165, 1.54) is 11.1 Å². The predicted octanol–water partition coefficient (Wildman–Crippen LogP) is 4.69. The lowest BCUT2D eigenvalue weighted by molar-refractivity contribution is 0.0110. The maximum Gasteiger partial charge on any atom is 0.410 e. The number of nitrogens with zero attached hydrogens (tertiary/aromatic N) is 1.